The monoisotopic (exact) mass is 237 g/mol. The van der Waals surface area contributed by atoms with Gasteiger partial charge in [0.1, 0.15) is 0 Å². The number of halogens is 1. The molecule has 0 aromatic rings. The quantitative estimate of drug-likeness (QED) is 0.725. The van der Waals surface area contributed by atoms with Crippen molar-refractivity contribution in [2.75, 3.05) is 26.7 Å². The van der Waals surface area contributed by atoms with Gasteiger partial charge in [0.15, 0.2) is 0 Å². The smallest absolute Gasteiger partial charge is 0.0843 e. The number of ether oxygens (including phenoxy) is 1. The third kappa shape index (κ3) is 2.69. The van der Waals surface area contributed by atoms with Crippen molar-refractivity contribution >= 4 is 15.9 Å². The molecular formula is C8H16BrNO2. The first kappa shape index (κ1) is 10.4. The van der Waals surface area contributed by atoms with Gasteiger partial charge in [-0.2, -0.15) is 0 Å². The van der Waals surface area contributed by atoms with Crippen molar-refractivity contribution in [1.82, 2.24) is 4.90 Å². The van der Waals surface area contributed by atoms with Gasteiger partial charge >= 0.3 is 0 Å². The Morgan fingerprint density at radius 2 is 2.33 bits per heavy atom. The van der Waals surface area contributed by atoms with E-state index in [1.54, 1.807) is 0 Å². The molecule has 1 aliphatic rings. The van der Waals surface area contributed by atoms with Crippen molar-refractivity contribution < 1.29 is 9.84 Å². The molecular weight excluding hydrogens is 222 g/mol. The van der Waals surface area contributed by atoms with E-state index >= 15 is 0 Å². The van der Waals surface area contributed by atoms with E-state index in [1.807, 2.05) is 6.92 Å². The molecule has 0 aliphatic carbocycles. The zero-order valence-corrected chi connectivity index (χ0v) is 9.12. The maximum atomic E-state index is 8.79. The Morgan fingerprint density at radius 3 is 2.75 bits per heavy atom. The molecule has 0 aromatic heterocycles. The van der Waals surface area contributed by atoms with E-state index in [4.69, 9.17) is 9.84 Å². The zero-order chi connectivity index (χ0) is 9.14. The van der Waals surface area contributed by atoms with Crippen LogP contribution in [0, 0.1) is 0 Å². The first-order valence-electron chi connectivity index (χ1n) is 4.22. The molecule has 0 aromatic carbocycles. The minimum absolute atomic E-state index is 0.0541. The highest BCUT2D eigenvalue weighted by Gasteiger charge is 2.30. The molecule has 0 spiro atoms. The van der Waals surface area contributed by atoms with Crippen molar-refractivity contribution in [3.05, 3.63) is 0 Å². The van der Waals surface area contributed by atoms with Gasteiger partial charge in [-0.1, -0.05) is 15.9 Å². The molecule has 0 bridgehead atoms. The van der Waals surface area contributed by atoms with Crippen LogP contribution in [-0.2, 0) is 4.74 Å². The molecule has 3 unspecified atom stereocenters. The molecule has 3 atom stereocenters. The number of hydrogen-bond acceptors (Lipinski definition) is 3. The maximum absolute atomic E-state index is 8.79. The Hall–Kier alpha value is 0.360. The Labute approximate surface area is 81.8 Å². The number of nitrogens with zero attached hydrogens (tertiary/aromatic N) is 1. The van der Waals surface area contributed by atoms with Crippen LogP contribution in [0.2, 0.25) is 0 Å². The van der Waals surface area contributed by atoms with Crippen molar-refractivity contribution in [2.24, 2.45) is 0 Å². The molecule has 1 aliphatic heterocycles. The van der Waals surface area contributed by atoms with Crippen molar-refractivity contribution in [3.63, 3.8) is 0 Å². The molecule has 1 N–H and O–H groups in total. The summed E-state index contributed by atoms with van der Waals surface area (Å²) in [5.41, 5.74) is 0. The summed E-state index contributed by atoms with van der Waals surface area (Å²) in [6.45, 7) is 3.95. The second-order valence-electron chi connectivity index (χ2n) is 3.40. The summed E-state index contributed by atoms with van der Waals surface area (Å²) >= 11 is 3.55. The molecule has 12 heavy (non-hydrogen) atoms. The molecule has 1 saturated heterocycles. The number of likely N-dealkylation sites (N-methyl/N-ethyl adjacent to an activating group) is 1. The second-order valence-corrected chi connectivity index (χ2v) is 4.58. The zero-order valence-electron chi connectivity index (χ0n) is 7.53. The van der Waals surface area contributed by atoms with E-state index in [2.05, 4.69) is 27.9 Å². The second kappa shape index (κ2) is 4.56. The average Bonchev–Trinajstić information content (AvgIpc) is 2.30. The lowest BCUT2D eigenvalue weighted by molar-refractivity contribution is -0.0204. The van der Waals surface area contributed by atoms with Crippen LogP contribution in [-0.4, -0.2) is 53.8 Å². The summed E-state index contributed by atoms with van der Waals surface area (Å²) in [6.07, 6.45) is 0.165. The Balaban J connectivity index is 2.32. The SMILES string of the molecule is CC(CO)OC1CN(C)CC1Br. The number of rotatable bonds is 3. The molecule has 0 amide bonds. The fourth-order valence-electron chi connectivity index (χ4n) is 1.38. The average molecular weight is 238 g/mol. The van der Waals surface area contributed by atoms with Gasteiger partial charge in [0.2, 0.25) is 0 Å². The van der Waals surface area contributed by atoms with Crippen LogP contribution in [0.5, 0.6) is 0 Å². The van der Waals surface area contributed by atoms with Crippen LogP contribution in [0.4, 0.5) is 0 Å². The van der Waals surface area contributed by atoms with E-state index in [-0.39, 0.29) is 18.8 Å². The van der Waals surface area contributed by atoms with Crippen molar-refractivity contribution in [2.45, 2.75) is 24.0 Å². The van der Waals surface area contributed by atoms with Crippen LogP contribution in [0.15, 0.2) is 0 Å². The minimum atomic E-state index is -0.0541. The lowest BCUT2D eigenvalue weighted by Crippen LogP contribution is -2.29. The highest BCUT2D eigenvalue weighted by molar-refractivity contribution is 9.09. The lowest BCUT2D eigenvalue weighted by Gasteiger charge is -2.18. The standard InChI is InChI=1S/C8H16BrNO2/c1-6(5-11)12-8-4-10(2)3-7(8)9/h6-8,11H,3-5H2,1-2H3. The summed E-state index contributed by atoms with van der Waals surface area (Å²) in [6, 6.07) is 0. The van der Waals surface area contributed by atoms with Gasteiger partial charge in [0.05, 0.1) is 23.6 Å². The van der Waals surface area contributed by atoms with Gasteiger partial charge in [0.25, 0.3) is 0 Å². The molecule has 3 nitrogen and oxygen atoms in total. The predicted octanol–water partition coefficient (Wildman–Crippen LogP) is 0.461. The molecule has 4 heteroatoms. The number of likely N-dealkylation sites (tertiary alicyclic amines) is 1. The highest BCUT2D eigenvalue weighted by atomic mass is 79.9. The summed E-state index contributed by atoms with van der Waals surface area (Å²) < 4.78 is 5.60. The topological polar surface area (TPSA) is 32.7 Å². The normalized spacial score (nSPS) is 34.0. The van der Waals surface area contributed by atoms with E-state index in [0.29, 0.717) is 4.83 Å². The van der Waals surface area contributed by atoms with Crippen LogP contribution in [0.3, 0.4) is 0 Å². The van der Waals surface area contributed by atoms with Crippen LogP contribution in [0.25, 0.3) is 0 Å². The van der Waals surface area contributed by atoms with Crippen LogP contribution >= 0.6 is 15.9 Å². The van der Waals surface area contributed by atoms with Gasteiger partial charge in [-0.15, -0.1) is 0 Å². The number of aliphatic hydroxyl groups excluding tert-OH is 1. The fourth-order valence-corrected chi connectivity index (χ4v) is 2.17. The Kier molecular flexibility index (Phi) is 3.96. The van der Waals surface area contributed by atoms with Crippen molar-refractivity contribution in [1.29, 1.82) is 0 Å². The Morgan fingerprint density at radius 1 is 1.67 bits per heavy atom. The third-order valence-corrected chi connectivity index (χ3v) is 2.92. The fraction of sp³-hybridized carbons (Fsp3) is 1.00. The largest absolute Gasteiger partial charge is 0.394 e. The number of hydrogen-bond donors (Lipinski definition) is 1. The molecule has 0 saturated carbocycles. The Bertz CT molecular complexity index is 145. The van der Waals surface area contributed by atoms with E-state index in [0.717, 1.165) is 13.1 Å². The van der Waals surface area contributed by atoms with Gasteiger partial charge in [-0.3, -0.25) is 0 Å². The highest BCUT2D eigenvalue weighted by Crippen LogP contribution is 2.20. The molecule has 1 heterocycles. The van der Waals surface area contributed by atoms with Crippen LogP contribution < -0.4 is 0 Å². The summed E-state index contributed by atoms with van der Waals surface area (Å²) in [7, 11) is 2.07. The minimum Gasteiger partial charge on any atom is -0.394 e. The molecule has 1 rings (SSSR count). The predicted molar refractivity (Wildman–Crippen MR) is 51.6 cm³/mol. The lowest BCUT2D eigenvalue weighted by atomic mass is 10.3. The van der Waals surface area contributed by atoms with E-state index in [1.165, 1.54) is 0 Å². The van der Waals surface area contributed by atoms with Gasteiger partial charge in [-0.25, -0.2) is 0 Å². The molecule has 72 valence electrons. The van der Waals surface area contributed by atoms with E-state index < -0.39 is 0 Å². The summed E-state index contributed by atoms with van der Waals surface area (Å²) in [5, 5.41) is 8.79. The first-order valence-corrected chi connectivity index (χ1v) is 5.14. The van der Waals surface area contributed by atoms with E-state index in [9.17, 15) is 0 Å². The molecule has 1 fully saturated rings. The van der Waals surface area contributed by atoms with Gasteiger partial charge < -0.3 is 14.7 Å². The number of alkyl halides is 1. The summed E-state index contributed by atoms with van der Waals surface area (Å²) in [4.78, 5) is 2.62. The maximum Gasteiger partial charge on any atom is 0.0843 e. The number of aliphatic hydroxyl groups is 1. The van der Waals surface area contributed by atoms with Gasteiger partial charge in [-0.05, 0) is 14.0 Å². The molecule has 0 radical (unpaired) electrons. The summed E-state index contributed by atoms with van der Waals surface area (Å²) in [5.74, 6) is 0. The third-order valence-electron chi connectivity index (χ3n) is 2.05. The van der Waals surface area contributed by atoms with Crippen molar-refractivity contribution in [3.8, 4) is 0 Å². The van der Waals surface area contributed by atoms with Gasteiger partial charge in [0, 0.05) is 13.1 Å². The first-order chi connectivity index (χ1) is 5.63. The van der Waals surface area contributed by atoms with Crippen LogP contribution in [0.1, 0.15) is 6.92 Å².